The molecular weight excluding hydrogens is 268 g/mol. The number of hydrogen-bond acceptors (Lipinski definition) is 5. The molecule has 0 bridgehead atoms. The van der Waals surface area contributed by atoms with E-state index in [-0.39, 0.29) is 5.54 Å². The van der Waals surface area contributed by atoms with E-state index in [1.807, 2.05) is 19.2 Å². The van der Waals surface area contributed by atoms with Gasteiger partial charge in [-0.15, -0.1) is 21.5 Å². The monoisotopic (exact) mass is 282 g/mol. The van der Waals surface area contributed by atoms with Crippen molar-refractivity contribution in [2.45, 2.75) is 33.2 Å². The van der Waals surface area contributed by atoms with Crippen LogP contribution in [0.3, 0.4) is 0 Å². The lowest BCUT2D eigenvalue weighted by molar-refractivity contribution is 0.598. The Hall–Kier alpha value is -1.20. The van der Waals surface area contributed by atoms with Crippen molar-refractivity contribution in [3.8, 4) is 0 Å². The van der Waals surface area contributed by atoms with Crippen molar-refractivity contribution in [1.82, 2.24) is 15.2 Å². The molecule has 0 saturated heterocycles. The molecule has 18 heavy (non-hydrogen) atoms. The van der Waals surface area contributed by atoms with Gasteiger partial charge in [0.1, 0.15) is 5.01 Å². The first-order valence-corrected chi connectivity index (χ1v) is 6.85. The van der Waals surface area contributed by atoms with Crippen LogP contribution in [0.1, 0.15) is 30.0 Å². The fourth-order valence-electron chi connectivity index (χ4n) is 1.58. The summed E-state index contributed by atoms with van der Waals surface area (Å²) in [5.74, 6) is 0.747. The van der Waals surface area contributed by atoms with Crippen molar-refractivity contribution in [1.29, 1.82) is 0 Å². The largest absolute Gasteiger partial charge is 0.357 e. The van der Waals surface area contributed by atoms with Gasteiger partial charge in [-0.05, 0) is 38.8 Å². The highest BCUT2D eigenvalue weighted by atomic mass is 35.5. The fraction of sp³-hybridized carbons (Fsp3) is 0.417. The summed E-state index contributed by atoms with van der Waals surface area (Å²) >= 11 is 7.56. The Kier molecular flexibility index (Phi) is 3.54. The van der Waals surface area contributed by atoms with E-state index >= 15 is 0 Å². The van der Waals surface area contributed by atoms with Gasteiger partial charge in [-0.3, -0.25) is 0 Å². The third kappa shape index (κ3) is 2.47. The lowest BCUT2D eigenvalue weighted by Gasteiger charge is -2.25. The van der Waals surface area contributed by atoms with E-state index in [1.165, 1.54) is 0 Å². The van der Waals surface area contributed by atoms with Crippen LogP contribution in [-0.2, 0) is 5.54 Å². The molecule has 6 heteroatoms. The summed E-state index contributed by atoms with van der Waals surface area (Å²) in [6, 6.07) is 0. The summed E-state index contributed by atoms with van der Waals surface area (Å²) in [4.78, 5) is 4.34. The Morgan fingerprint density at radius 1 is 1.22 bits per heavy atom. The SMILES string of the molecule is Cc1c(Cl)nnc(NC(C)(C)c2nccs2)c1C. The number of nitrogens with one attached hydrogen (secondary N) is 1. The third-order valence-electron chi connectivity index (χ3n) is 2.86. The van der Waals surface area contributed by atoms with E-state index < -0.39 is 0 Å². The van der Waals surface area contributed by atoms with Crippen molar-refractivity contribution in [2.24, 2.45) is 0 Å². The molecule has 0 unspecified atom stereocenters. The van der Waals surface area contributed by atoms with Gasteiger partial charge >= 0.3 is 0 Å². The van der Waals surface area contributed by atoms with Crippen LogP contribution in [0.15, 0.2) is 11.6 Å². The van der Waals surface area contributed by atoms with Crippen molar-refractivity contribution in [2.75, 3.05) is 5.32 Å². The average molecular weight is 283 g/mol. The summed E-state index contributed by atoms with van der Waals surface area (Å²) in [5.41, 5.74) is 1.68. The molecule has 1 N–H and O–H groups in total. The van der Waals surface area contributed by atoms with Crippen molar-refractivity contribution in [3.63, 3.8) is 0 Å². The smallest absolute Gasteiger partial charge is 0.155 e. The summed E-state index contributed by atoms with van der Waals surface area (Å²) in [5, 5.41) is 14.9. The second kappa shape index (κ2) is 4.82. The fourth-order valence-corrected chi connectivity index (χ4v) is 2.47. The minimum absolute atomic E-state index is 0.284. The van der Waals surface area contributed by atoms with Gasteiger partial charge in [0.05, 0.1) is 5.54 Å². The Morgan fingerprint density at radius 2 is 1.94 bits per heavy atom. The van der Waals surface area contributed by atoms with Crippen LogP contribution in [0.2, 0.25) is 5.15 Å². The van der Waals surface area contributed by atoms with E-state index in [9.17, 15) is 0 Å². The van der Waals surface area contributed by atoms with E-state index in [2.05, 4.69) is 34.3 Å². The maximum Gasteiger partial charge on any atom is 0.155 e. The molecule has 4 nitrogen and oxygen atoms in total. The molecule has 0 fully saturated rings. The van der Waals surface area contributed by atoms with Gasteiger partial charge in [0, 0.05) is 11.6 Å². The first-order valence-electron chi connectivity index (χ1n) is 5.59. The molecule has 0 aliphatic heterocycles. The quantitative estimate of drug-likeness (QED) is 0.935. The zero-order valence-electron chi connectivity index (χ0n) is 10.8. The lowest BCUT2D eigenvalue weighted by atomic mass is 10.1. The van der Waals surface area contributed by atoms with E-state index in [0.29, 0.717) is 5.15 Å². The van der Waals surface area contributed by atoms with Crippen molar-refractivity contribution in [3.05, 3.63) is 32.9 Å². The molecule has 0 amide bonds. The lowest BCUT2D eigenvalue weighted by Crippen LogP contribution is -2.29. The maximum atomic E-state index is 5.95. The predicted molar refractivity (Wildman–Crippen MR) is 75.3 cm³/mol. The Balaban J connectivity index is 2.32. The van der Waals surface area contributed by atoms with Crippen LogP contribution >= 0.6 is 22.9 Å². The normalized spacial score (nSPS) is 11.6. The number of hydrogen-bond donors (Lipinski definition) is 1. The van der Waals surface area contributed by atoms with Gasteiger partial charge in [-0.1, -0.05) is 11.6 Å². The van der Waals surface area contributed by atoms with Gasteiger partial charge < -0.3 is 5.32 Å². The van der Waals surface area contributed by atoms with Crippen LogP contribution in [0.5, 0.6) is 0 Å². The highest BCUT2D eigenvalue weighted by Gasteiger charge is 2.25. The molecule has 0 spiro atoms. The molecule has 2 aromatic rings. The Labute approximate surface area is 115 Å². The molecule has 0 aliphatic rings. The van der Waals surface area contributed by atoms with Crippen molar-refractivity contribution < 1.29 is 0 Å². The number of anilines is 1. The van der Waals surface area contributed by atoms with Gasteiger partial charge in [0.2, 0.25) is 0 Å². The Bertz CT molecular complexity index is 551. The molecule has 0 atom stereocenters. The summed E-state index contributed by atoms with van der Waals surface area (Å²) < 4.78 is 0. The molecule has 96 valence electrons. The van der Waals surface area contributed by atoms with Crippen molar-refractivity contribution >= 4 is 28.8 Å². The zero-order valence-corrected chi connectivity index (χ0v) is 12.4. The maximum absolute atomic E-state index is 5.95. The molecule has 0 radical (unpaired) electrons. The van der Waals surface area contributed by atoms with Crippen LogP contribution in [-0.4, -0.2) is 15.2 Å². The molecule has 2 aromatic heterocycles. The van der Waals surface area contributed by atoms with Crippen LogP contribution < -0.4 is 5.32 Å². The van der Waals surface area contributed by atoms with Gasteiger partial charge in [0.15, 0.2) is 11.0 Å². The standard InChI is InChI=1S/C12H15ClN4S/c1-7-8(2)10(17-16-9(7)13)15-12(3,4)11-14-5-6-18-11/h5-6H,1-4H3,(H,15,17). The van der Waals surface area contributed by atoms with Crippen LogP contribution in [0.4, 0.5) is 5.82 Å². The number of rotatable bonds is 3. The van der Waals surface area contributed by atoms with Gasteiger partial charge in [0.25, 0.3) is 0 Å². The minimum Gasteiger partial charge on any atom is -0.357 e. The van der Waals surface area contributed by atoms with Crippen LogP contribution in [0.25, 0.3) is 0 Å². The number of thiazole rings is 1. The van der Waals surface area contributed by atoms with Gasteiger partial charge in [-0.25, -0.2) is 4.98 Å². The molecule has 2 rings (SSSR count). The van der Waals surface area contributed by atoms with E-state index in [1.54, 1.807) is 17.5 Å². The highest BCUT2D eigenvalue weighted by Crippen LogP contribution is 2.29. The first-order chi connectivity index (χ1) is 8.42. The van der Waals surface area contributed by atoms with E-state index in [0.717, 1.165) is 22.0 Å². The minimum atomic E-state index is -0.284. The average Bonchev–Trinajstić information content (AvgIpc) is 2.84. The molecule has 0 aromatic carbocycles. The predicted octanol–water partition coefficient (Wildman–Crippen LogP) is 3.55. The Morgan fingerprint density at radius 3 is 2.56 bits per heavy atom. The molecular formula is C12H15ClN4S. The molecule has 0 aliphatic carbocycles. The summed E-state index contributed by atoms with van der Waals surface area (Å²) in [6.45, 7) is 8.05. The van der Waals surface area contributed by atoms with Crippen LogP contribution in [0, 0.1) is 13.8 Å². The molecule has 2 heterocycles. The zero-order chi connectivity index (χ0) is 13.3. The van der Waals surface area contributed by atoms with E-state index in [4.69, 9.17) is 11.6 Å². The highest BCUT2D eigenvalue weighted by molar-refractivity contribution is 7.09. The van der Waals surface area contributed by atoms with Gasteiger partial charge in [-0.2, -0.15) is 0 Å². The number of nitrogens with zero attached hydrogens (tertiary/aromatic N) is 3. The summed E-state index contributed by atoms with van der Waals surface area (Å²) in [7, 11) is 0. The second-order valence-corrected chi connectivity index (χ2v) is 5.93. The number of aromatic nitrogens is 3. The number of halogens is 1. The molecule has 0 saturated carbocycles. The first kappa shape index (κ1) is 13.2. The topological polar surface area (TPSA) is 50.7 Å². The third-order valence-corrected chi connectivity index (χ3v) is 4.32. The summed E-state index contributed by atoms with van der Waals surface area (Å²) in [6.07, 6.45) is 1.80. The second-order valence-electron chi connectivity index (χ2n) is 4.68.